The number of hydrogen-bond donors (Lipinski definition) is 2. The molecule has 1 aliphatic rings. The van der Waals surface area contributed by atoms with Gasteiger partial charge < -0.3 is 15.0 Å². The number of carbonyl (C=O) groups is 1. The Morgan fingerprint density at radius 1 is 1.47 bits per heavy atom. The van der Waals surface area contributed by atoms with E-state index in [4.69, 9.17) is 4.74 Å². The predicted molar refractivity (Wildman–Crippen MR) is 66.9 cm³/mol. The van der Waals surface area contributed by atoms with Crippen LogP contribution in [0.15, 0.2) is 21.5 Å². The second kappa shape index (κ2) is 5.46. The first kappa shape index (κ1) is 12.3. The molecule has 2 N–H and O–H groups in total. The minimum atomic E-state index is -0.298. The predicted octanol–water partition coefficient (Wildman–Crippen LogP) is 1.50. The van der Waals surface area contributed by atoms with Crippen molar-refractivity contribution >= 4 is 27.5 Å². The highest BCUT2D eigenvalue weighted by Crippen LogP contribution is 2.17. The summed E-state index contributed by atoms with van der Waals surface area (Å²) < 4.78 is 5.91. The molecule has 0 bridgehead atoms. The van der Waals surface area contributed by atoms with Gasteiger partial charge in [-0.05, 0) is 34.8 Å². The normalized spacial score (nSPS) is 16.8. The van der Waals surface area contributed by atoms with Gasteiger partial charge >= 0.3 is 0 Å². The van der Waals surface area contributed by atoms with Crippen molar-refractivity contribution in [3.8, 4) is 0 Å². The molecule has 1 aromatic rings. The fraction of sp³-hybridized carbons (Fsp3) is 0.455. The maximum absolute atomic E-state index is 11.9. The zero-order valence-electron chi connectivity index (χ0n) is 9.16. The smallest absolute Gasteiger partial charge is 0.271 e. The molecule has 1 fully saturated rings. The Kier molecular flexibility index (Phi) is 3.96. The van der Waals surface area contributed by atoms with E-state index in [1.54, 1.807) is 6.07 Å². The molecular formula is C11H13BrN2O3. The molecule has 92 valence electrons. The number of aromatic amines is 1. The molecule has 5 nitrogen and oxygen atoms in total. The number of nitrogens with one attached hydrogen (secondary N) is 2. The lowest BCUT2D eigenvalue weighted by molar-refractivity contribution is -0.122. The van der Waals surface area contributed by atoms with Gasteiger partial charge in [-0.15, -0.1) is 0 Å². The summed E-state index contributed by atoms with van der Waals surface area (Å²) in [7, 11) is 0. The van der Waals surface area contributed by atoms with Crippen LogP contribution < -0.4 is 10.9 Å². The molecule has 0 radical (unpaired) electrons. The largest absolute Gasteiger partial charge is 0.381 e. The van der Waals surface area contributed by atoms with Crippen molar-refractivity contribution in [1.82, 2.24) is 4.98 Å². The lowest BCUT2D eigenvalue weighted by Gasteiger charge is -2.20. The fourth-order valence-corrected chi connectivity index (χ4v) is 2.09. The summed E-state index contributed by atoms with van der Waals surface area (Å²) in [5, 5.41) is 2.65. The highest BCUT2D eigenvalue weighted by atomic mass is 79.9. The van der Waals surface area contributed by atoms with Gasteiger partial charge in [0.25, 0.3) is 5.56 Å². The number of anilines is 1. The molecule has 1 aliphatic heterocycles. The van der Waals surface area contributed by atoms with Crippen molar-refractivity contribution in [3.63, 3.8) is 0 Å². The van der Waals surface area contributed by atoms with Gasteiger partial charge in [0.1, 0.15) is 5.69 Å². The van der Waals surface area contributed by atoms with Crippen molar-refractivity contribution in [2.24, 2.45) is 5.92 Å². The minimum absolute atomic E-state index is 0.0675. The van der Waals surface area contributed by atoms with Gasteiger partial charge in [-0.25, -0.2) is 0 Å². The highest BCUT2D eigenvalue weighted by Gasteiger charge is 2.22. The van der Waals surface area contributed by atoms with E-state index in [2.05, 4.69) is 26.2 Å². The van der Waals surface area contributed by atoms with Gasteiger partial charge in [-0.2, -0.15) is 0 Å². The molecule has 0 saturated carbocycles. The number of amides is 1. The Hall–Kier alpha value is -1.14. The van der Waals surface area contributed by atoms with Crippen LogP contribution in [0.2, 0.25) is 0 Å². The number of halogens is 1. The van der Waals surface area contributed by atoms with Gasteiger partial charge in [0, 0.05) is 29.8 Å². The van der Waals surface area contributed by atoms with Gasteiger partial charge in [0.2, 0.25) is 5.91 Å². The van der Waals surface area contributed by atoms with E-state index in [0.717, 1.165) is 4.47 Å². The van der Waals surface area contributed by atoms with Gasteiger partial charge in [-0.3, -0.25) is 9.59 Å². The molecule has 17 heavy (non-hydrogen) atoms. The summed E-state index contributed by atoms with van der Waals surface area (Å²) in [5.74, 6) is -0.181. The SMILES string of the molecule is O=C(Nc1cc(Br)c[nH]c1=O)C1CCOCC1. The van der Waals surface area contributed by atoms with E-state index < -0.39 is 0 Å². The number of H-pyrrole nitrogens is 1. The molecule has 0 aliphatic carbocycles. The molecule has 0 spiro atoms. The molecule has 0 atom stereocenters. The molecule has 2 rings (SSSR count). The van der Waals surface area contributed by atoms with Crippen LogP contribution in [0.25, 0.3) is 0 Å². The first-order chi connectivity index (χ1) is 8.16. The van der Waals surface area contributed by atoms with Crippen LogP contribution in [0.3, 0.4) is 0 Å². The van der Waals surface area contributed by atoms with Crippen molar-refractivity contribution < 1.29 is 9.53 Å². The first-order valence-electron chi connectivity index (χ1n) is 5.43. The van der Waals surface area contributed by atoms with Crippen LogP contribution in [0, 0.1) is 5.92 Å². The Morgan fingerprint density at radius 3 is 2.88 bits per heavy atom. The quantitative estimate of drug-likeness (QED) is 0.869. The van der Waals surface area contributed by atoms with Gasteiger partial charge in [0.05, 0.1) is 0 Å². The molecule has 2 heterocycles. The molecular weight excluding hydrogens is 288 g/mol. The van der Waals surface area contributed by atoms with Crippen molar-refractivity contribution in [2.75, 3.05) is 18.5 Å². The van der Waals surface area contributed by atoms with Crippen LogP contribution in [-0.2, 0) is 9.53 Å². The topological polar surface area (TPSA) is 71.2 Å². The number of carbonyl (C=O) groups excluding carboxylic acids is 1. The maximum atomic E-state index is 11.9. The summed E-state index contributed by atoms with van der Waals surface area (Å²) in [6.45, 7) is 1.21. The van der Waals surface area contributed by atoms with E-state index in [0.29, 0.717) is 26.1 Å². The molecule has 1 amide bonds. The summed E-state index contributed by atoms with van der Waals surface area (Å²) in [6, 6.07) is 1.59. The van der Waals surface area contributed by atoms with E-state index >= 15 is 0 Å². The van der Waals surface area contributed by atoms with E-state index in [9.17, 15) is 9.59 Å². The van der Waals surface area contributed by atoms with Crippen molar-refractivity contribution in [1.29, 1.82) is 0 Å². The Balaban J connectivity index is 2.07. The third-order valence-electron chi connectivity index (χ3n) is 2.72. The summed E-state index contributed by atoms with van der Waals surface area (Å²) >= 11 is 3.24. The summed E-state index contributed by atoms with van der Waals surface area (Å²) in [4.78, 5) is 25.9. The number of ether oxygens (including phenoxy) is 1. The average Bonchev–Trinajstić information content (AvgIpc) is 2.35. The van der Waals surface area contributed by atoms with Crippen LogP contribution in [-0.4, -0.2) is 24.1 Å². The Labute approximate surface area is 107 Å². The summed E-state index contributed by atoms with van der Waals surface area (Å²) in [6.07, 6.45) is 2.95. The third kappa shape index (κ3) is 3.17. The van der Waals surface area contributed by atoms with Crippen molar-refractivity contribution in [2.45, 2.75) is 12.8 Å². The monoisotopic (exact) mass is 300 g/mol. The number of rotatable bonds is 2. The van der Waals surface area contributed by atoms with Gasteiger partial charge in [0.15, 0.2) is 0 Å². The molecule has 1 aromatic heterocycles. The van der Waals surface area contributed by atoms with E-state index in [1.165, 1.54) is 6.20 Å². The fourth-order valence-electron chi connectivity index (χ4n) is 1.74. The van der Waals surface area contributed by atoms with Crippen LogP contribution in [0.1, 0.15) is 12.8 Å². The van der Waals surface area contributed by atoms with Gasteiger partial charge in [-0.1, -0.05) is 0 Å². The average molecular weight is 301 g/mol. The number of hydrogen-bond acceptors (Lipinski definition) is 3. The zero-order valence-corrected chi connectivity index (χ0v) is 10.7. The molecule has 0 aromatic carbocycles. The van der Waals surface area contributed by atoms with Crippen LogP contribution >= 0.6 is 15.9 Å². The maximum Gasteiger partial charge on any atom is 0.271 e. The van der Waals surface area contributed by atoms with E-state index in [1.807, 2.05) is 0 Å². The third-order valence-corrected chi connectivity index (χ3v) is 3.18. The number of aromatic nitrogens is 1. The lowest BCUT2D eigenvalue weighted by Crippen LogP contribution is -2.30. The number of pyridine rings is 1. The minimum Gasteiger partial charge on any atom is -0.381 e. The zero-order chi connectivity index (χ0) is 12.3. The Bertz CT molecular complexity index is 466. The summed E-state index contributed by atoms with van der Waals surface area (Å²) in [5.41, 5.74) is -0.0236. The second-order valence-electron chi connectivity index (χ2n) is 3.94. The first-order valence-corrected chi connectivity index (χ1v) is 6.23. The highest BCUT2D eigenvalue weighted by molar-refractivity contribution is 9.10. The lowest BCUT2D eigenvalue weighted by atomic mass is 9.99. The molecule has 6 heteroatoms. The molecule has 0 unspecified atom stereocenters. The van der Waals surface area contributed by atoms with Crippen LogP contribution in [0.5, 0.6) is 0 Å². The van der Waals surface area contributed by atoms with Crippen molar-refractivity contribution in [3.05, 3.63) is 27.1 Å². The molecule has 1 saturated heterocycles. The van der Waals surface area contributed by atoms with Crippen LogP contribution in [0.4, 0.5) is 5.69 Å². The Morgan fingerprint density at radius 2 is 2.18 bits per heavy atom. The standard InChI is InChI=1S/C11H13BrN2O3/c12-8-5-9(11(16)13-6-8)14-10(15)7-1-3-17-4-2-7/h5-7H,1-4H2,(H,13,16)(H,14,15). The van der Waals surface area contributed by atoms with E-state index in [-0.39, 0.29) is 23.1 Å². The second-order valence-corrected chi connectivity index (χ2v) is 4.85.